The summed E-state index contributed by atoms with van der Waals surface area (Å²) < 4.78 is 0. The van der Waals surface area contributed by atoms with E-state index in [0.717, 1.165) is 64.1 Å². The number of hydrogen-bond donors (Lipinski definition) is 3. The molecule has 1 aliphatic heterocycles. The smallest absolute Gasteiger partial charge is 0.222 e. The normalized spacial score (nSPS) is 21.7. The third kappa shape index (κ3) is 7.44. The molecule has 1 aromatic rings. The zero-order chi connectivity index (χ0) is 19.8. The lowest BCUT2D eigenvalue weighted by atomic mass is 9.93. The minimum Gasteiger partial charge on any atom is -0.393 e. The van der Waals surface area contributed by atoms with Crippen molar-refractivity contribution in [3.05, 3.63) is 35.4 Å². The maximum atomic E-state index is 12.5. The largest absolute Gasteiger partial charge is 0.393 e. The number of aliphatic hydroxyl groups is 1. The van der Waals surface area contributed by atoms with Gasteiger partial charge < -0.3 is 20.6 Å². The lowest BCUT2D eigenvalue weighted by molar-refractivity contribution is -0.132. The first kappa shape index (κ1) is 23.9. The minimum atomic E-state index is -0.148. The Morgan fingerprint density at radius 2 is 1.93 bits per heavy atom. The topological polar surface area (TPSA) is 77.0 Å². The highest BCUT2D eigenvalue weighted by atomic mass is 127. The van der Waals surface area contributed by atoms with Gasteiger partial charge in [-0.25, -0.2) is 0 Å². The number of hydrogen-bond acceptors (Lipinski definition) is 3. The molecule has 3 N–H and O–H groups in total. The van der Waals surface area contributed by atoms with Gasteiger partial charge in [0, 0.05) is 38.6 Å². The van der Waals surface area contributed by atoms with Crippen LogP contribution in [0.5, 0.6) is 0 Å². The summed E-state index contributed by atoms with van der Waals surface area (Å²) in [4.78, 5) is 19.2. The summed E-state index contributed by atoms with van der Waals surface area (Å²) in [7, 11) is 0. The fourth-order valence-electron chi connectivity index (χ4n) is 4.02. The van der Waals surface area contributed by atoms with Crippen molar-refractivity contribution in [2.75, 3.05) is 19.6 Å². The third-order valence-corrected chi connectivity index (χ3v) is 5.68. The van der Waals surface area contributed by atoms with Gasteiger partial charge in [-0.2, -0.15) is 0 Å². The molecule has 29 heavy (non-hydrogen) atoms. The predicted molar refractivity (Wildman–Crippen MR) is 128 cm³/mol. The molecule has 1 fully saturated rings. The molecule has 1 aliphatic carbocycles. The quantitative estimate of drug-likeness (QED) is 0.236. The SMILES string of the molecule is CCNC(=NCCCC(=O)N1CCc2ccccc2C1)NC1CCC(O)CC1.I. The molecular weight excluding hydrogens is 479 g/mol. The molecule has 162 valence electrons. The van der Waals surface area contributed by atoms with E-state index in [-0.39, 0.29) is 36.0 Å². The van der Waals surface area contributed by atoms with E-state index in [1.807, 2.05) is 11.0 Å². The number of carbonyl (C=O) groups excluding carboxylic acids is 1. The average Bonchev–Trinajstić information content (AvgIpc) is 2.72. The standard InChI is InChI=1S/C22H34N4O2.HI/c1-2-23-22(25-19-9-11-20(27)12-10-19)24-14-5-8-21(28)26-15-13-17-6-3-4-7-18(17)16-26;/h3-4,6-7,19-20,27H,2,5,8-16H2,1H3,(H2,23,24,25);1H. The van der Waals surface area contributed by atoms with Crippen molar-refractivity contribution in [3.63, 3.8) is 0 Å². The molecule has 0 radical (unpaired) electrons. The van der Waals surface area contributed by atoms with Gasteiger partial charge in [0.25, 0.3) is 0 Å². The summed E-state index contributed by atoms with van der Waals surface area (Å²) in [6.45, 7) is 5.06. The number of nitrogens with zero attached hydrogens (tertiary/aromatic N) is 2. The van der Waals surface area contributed by atoms with Gasteiger partial charge in [-0.1, -0.05) is 24.3 Å². The summed E-state index contributed by atoms with van der Waals surface area (Å²) in [6, 6.07) is 8.77. The van der Waals surface area contributed by atoms with Crippen LogP contribution in [0.1, 0.15) is 56.6 Å². The number of benzene rings is 1. The van der Waals surface area contributed by atoms with Crippen LogP contribution in [-0.2, 0) is 17.8 Å². The van der Waals surface area contributed by atoms with E-state index in [2.05, 4.69) is 40.7 Å². The first-order chi connectivity index (χ1) is 13.7. The number of nitrogens with one attached hydrogen (secondary N) is 2. The molecule has 1 saturated carbocycles. The molecule has 0 atom stereocenters. The molecule has 3 rings (SSSR count). The zero-order valence-corrected chi connectivity index (χ0v) is 19.7. The maximum absolute atomic E-state index is 12.5. The van der Waals surface area contributed by atoms with E-state index in [1.165, 1.54) is 11.1 Å². The lowest BCUT2D eigenvalue weighted by Gasteiger charge is -2.29. The van der Waals surface area contributed by atoms with Crippen LogP contribution in [-0.4, -0.2) is 53.7 Å². The number of rotatable bonds is 6. The Hall–Kier alpha value is -1.35. The van der Waals surface area contributed by atoms with Gasteiger partial charge in [0.2, 0.25) is 5.91 Å². The van der Waals surface area contributed by atoms with E-state index in [9.17, 15) is 9.90 Å². The summed E-state index contributed by atoms with van der Waals surface area (Å²) in [5, 5.41) is 16.4. The Morgan fingerprint density at radius 3 is 2.66 bits per heavy atom. The molecule has 0 aromatic heterocycles. The van der Waals surface area contributed by atoms with E-state index in [4.69, 9.17) is 0 Å². The van der Waals surface area contributed by atoms with Gasteiger partial charge in [-0.3, -0.25) is 9.79 Å². The minimum absolute atomic E-state index is 0. The Kier molecular flexibility index (Phi) is 10.2. The molecule has 0 saturated heterocycles. The van der Waals surface area contributed by atoms with E-state index < -0.39 is 0 Å². The number of carbonyl (C=O) groups is 1. The van der Waals surface area contributed by atoms with Crippen molar-refractivity contribution in [2.45, 2.75) is 70.6 Å². The molecule has 0 bridgehead atoms. The molecule has 1 heterocycles. The Bertz CT molecular complexity index is 675. The first-order valence-electron chi connectivity index (χ1n) is 10.7. The van der Waals surface area contributed by atoms with Crippen molar-refractivity contribution in [2.24, 2.45) is 4.99 Å². The fraction of sp³-hybridized carbons (Fsp3) is 0.636. The van der Waals surface area contributed by atoms with Crippen LogP contribution < -0.4 is 10.6 Å². The van der Waals surface area contributed by atoms with Crippen molar-refractivity contribution in [3.8, 4) is 0 Å². The Balaban J connectivity index is 0.00000300. The van der Waals surface area contributed by atoms with Crippen molar-refractivity contribution < 1.29 is 9.90 Å². The molecule has 7 heteroatoms. The summed E-state index contributed by atoms with van der Waals surface area (Å²) in [5.41, 5.74) is 2.64. The highest BCUT2D eigenvalue weighted by molar-refractivity contribution is 14.0. The highest BCUT2D eigenvalue weighted by Gasteiger charge is 2.21. The molecule has 2 aliphatic rings. The molecular formula is C22H35IN4O2. The van der Waals surface area contributed by atoms with Gasteiger partial charge in [0.05, 0.1) is 6.10 Å². The van der Waals surface area contributed by atoms with Gasteiger partial charge in [0.15, 0.2) is 5.96 Å². The maximum Gasteiger partial charge on any atom is 0.222 e. The molecule has 0 unspecified atom stereocenters. The first-order valence-corrected chi connectivity index (χ1v) is 10.7. The predicted octanol–water partition coefficient (Wildman–Crippen LogP) is 2.83. The van der Waals surface area contributed by atoms with Crippen LogP contribution in [0.2, 0.25) is 0 Å². The van der Waals surface area contributed by atoms with Crippen molar-refractivity contribution in [1.82, 2.24) is 15.5 Å². The Labute approximate surface area is 191 Å². The number of halogens is 1. The monoisotopic (exact) mass is 514 g/mol. The van der Waals surface area contributed by atoms with Crippen molar-refractivity contribution >= 4 is 35.8 Å². The zero-order valence-electron chi connectivity index (χ0n) is 17.4. The molecule has 0 spiro atoms. The second-order valence-corrected chi connectivity index (χ2v) is 7.85. The van der Waals surface area contributed by atoms with Gasteiger partial charge in [-0.15, -0.1) is 24.0 Å². The molecule has 1 amide bonds. The lowest BCUT2D eigenvalue weighted by Crippen LogP contribution is -2.45. The van der Waals surface area contributed by atoms with E-state index in [0.29, 0.717) is 19.0 Å². The fourth-order valence-corrected chi connectivity index (χ4v) is 4.02. The van der Waals surface area contributed by atoms with Gasteiger partial charge >= 0.3 is 0 Å². The van der Waals surface area contributed by atoms with Crippen LogP contribution in [0.4, 0.5) is 0 Å². The summed E-state index contributed by atoms with van der Waals surface area (Å²) in [6.07, 6.45) is 5.75. The van der Waals surface area contributed by atoms with Crippen LogP contribution >= 0.6 is 24.0 Å². The molecule has 6 nitrogen and oxygen atoms in total. The molecule has 1 aromatic carbocycles. The van der Waals surface area contributed by atoms with Crippen molar-refractivity contribution in [1.29, 1.82) is 0 Å². The Morgan fingerprint density at radius 1 is 1.21 bits per heavy atom. The number of amides is 1. The van der Waals surface area contributed by atoms with Crippen LogP contribution in [0.15, 0.2) is 29.3 Å². The number of guanidine groups is 1. The third-order valence-electron chi connectivity index (χ3n) is 5.68. The van der Waals surface area contributed by atoms with E-state index >= 15 is 0 Å². The van der Waals surface area contributed by atoms with Gasteiger partial charge in [0.1, 0.15) is 0 Å². The second kappa shape index (κ2) is 12.4. The van der Waals surface area contributed by atoms with Gasteiger partial charge in [-0.05, 0) is 56.6 Å². The number of aliphatic imine (C=N–C) groups is 1. The second-order valence-electron chi connectivity index (χ2n) is 7.85. The average molecular weight is 514 g/mol. The van der Waals surface area contributed by atoms with Crippen LogP contribution in [0, 0.1) is 0 Å². The summed E-state index contributed by atoms with van der Waals surface area (Å²) >= 11 is 0. The van der Waals surface area contributed by atoms with Crippen LogP contribution in [0.25, 0.3) is 0 Å². The van der Waals surface area contributed by atoms with Crippen LogP contribution in [0.3, 0.4) is 0 Å². The highest BCUT2D eigenvalue weighted by Crippen LogP contribution is 2.19. The van der Waals surface area contributed by atoms with E-state index in [1.54, 1.807) is 0 Å². The summed E-state index contributed by atoms with van der Waals surface area (Å²) in [5.74, 6) is 1.05. The number of aliphatic hydroxyl groups excluding tert-OH is 1. The number of fused-ring (bicyclic) bond motifs is 1.